The van der Waals surface area contributed by atoms with Crippen molar-refractivity contribution in [3.05, 3.63) is 23.8 Å². The third-order valence-electron chi connectivity index (χ3n) is 3.78. The molecule has 0 radical (unpaired) electrons. The SMILES string of the molecule is CN(CC1CCCO1)c1ccc2c(c1)NC(=O)C2O. The van der Waals surface area contributed by atoms with Gasteiger partial charge in [-0.25, -0.2) is 0 Å². The second kappa shape index (κ2) is 4.83. The van der Waals surface area contributed by atoms with Gasteiger partial charge in [0.25, 0.3) is 5.91 Å². The standard InChI is InChI=1S/C14H18N2O3/c1-16(8-10-3-2-6-19-10)9-4-5-11-12(7-9)15-14(18)13(11)17/h4-5,7,10,13,17H,2-3,6,8H2,1H3,(H,15,18). The predicted molar refractivity (Wildman–Crippen MR) is 72.3 cm³/mol. The van der Waals surface area contributed by atoms with Gasteiger partial charge in [0.1, 0.15) is 0 Å². The van der Waals surface area contributed by atoms with Crippen molar-refractivity contribution in [3.8, 4) is 0 Å². The maximum atomic E-state index is 11.4. The number of aliphatic hydroxyl groups is 1. The first kappa shape index (κ1) is 12.4. The fourth-order valence-electron chi connectivity index (χ4n) is 2.67. The second-order valence-corrected chi connectivity index (χ2v) is 5.18. The first-order valence-electron chi connectivity index (χ1n) is 6.61. The number of likely N-dealkylation sites (N-methyl/N-ethyl adjacent to an activating group) is 1. The molecule has 5 nitrogen and oxygen atoms in total. The number of carbonyl (C=O) groups excluding carboxylic acids is 1. The van der Waals surface area contributed by atoms with Crippen LogP contribution in [0, 0.1) is 0 Å². The first-order chi connectivity index (χ1) is 9.15. The number of rotatable bonds is 3. The lowest BCUT2D eigenvalue weighted by Gasteiger charge is -2.23. The lowest BCUT2D eigenvalue weighted by molar-refractivity contribution is -0.123. The lowest BCUT2D eigenvalue weighted by Crippen LogP contribution is -2.28. The summed E-state index contributed by atoms with van der Waals surface area (Å²) < 4.78 is 5.62. The van der Waals surface area contributed by atoms with E-state index in [4.69, 9.17) is 4.74 Å². The van der Waals surface area contributed by atoms with Crippen molar-refractivity contribution in [2.24, 2.45) is 0 Å². The summed E-state index contributed by atoms with van der Waals surface area (Å²) in [5, 5.41) is 12.4. The van der Waals surface area contributed by atoms with E-state index in [0.717, 1.165) is 31.7 Å². The van der Waals surface area contributed by atoms with E-state index in [2.05, 4.69) is 10.2 Å². The molecule has 5 heteroatoms. The molecule has 2 atom stereocenters. The molecule has 0 spiro atoms. The van der Waals surface area contributed by atoms with E-state index < -0.39 is 6.10 Å². The van der Waals surface area contributed by atoms with E-state index in [9.17, 15) is 9.90 Å². The number of nitrogens with zero attached hydrogens (tertiary/aromatic N) is 1. The molecule has 2 unspecified atom stereocenters. The van der Waals surface area contributed by atoms with Crippen LogP contribution in [0.5, 0.6) is 0 Å². The normalized spacial score (nSPS) is 25.3. The van der Waals surface area contributed by atoms with Crippen LogP contribution in [-0.4, -0.2) is 37.3 Å². The Hall–Kier alpha value is -1.59. The third-order valence-corrected chi connectivity index (χ3v) is 3.78. The number of hydrogen-bond donors (Lipinski definition) is 2. The van der Waals surface area contributed by atoms with Crippen LogP contribution in [0.1, 0.15) is 24.5 Å². The fraction of sp³-hybridized carbons (Fsp3) is 0.500. The molecule has 19 heavy (non-hydrogen) atoms. The summed E-state index contributed by atoms with van der Waals surface area (Å²) in [5.41, 5.74) is 2.37. The number of amides is 1. The van der Waals surface area contributed by atoms with Crippen LogP contribution in [0.3, 0.4) is 0 Å². The van der Waals surface area contributed by atoms with Gasteiger partial charge in [0.05, 0.1) is 6.10 Å². The number of aliphatic hydroxyl groups excluding tert-OH is 1. The van der Waals surface area contributed by atoms with E-state index in [-0.39, 0.29) is 5.91 Å². The van der Waals surface area contributed by atoms with Crippen LogP contribution in [0.25, 0.3) is 0 Å². The molecule has 0 aliphatic carbocycles. The quantitative estimate of drug-likeness (QED) is 0.861. The number of ether oxygens (including phenoxy) is 1. The third kappa shape index (κ3) is 2.31. The van der Waals surface area contributed by atoms with Crippen molar-refractivity contribution in [1.29, 1.82) is 0 Å². The maximum Gasteiger partial charge on any atom is 0.257 e. The van der Waals surface area contributed by atoms with Gasteiger partial charge in [-0.2, -0.15) is 0 Å². The van der Waals surface area contributed by atoms with Crippen molar-refractivity contribution in [2.45, 2.75) is 25.0 Å². The molecule has 1 fully saturated rings. The highest BCUT2D eigenvalue weighted by Gasteiger charge is 2.28. The Morgan fingerprint density at radius 1 is 1.53 bits per heavy atom. The Balaban J connectivity index is 1.75. The molecule has 2 aliphatic rings. The molecule has 1 amide bonds. The molecular weight excluding hydrogens is 244 g/mol. The summed E-state index contributed by atoms with van der Waals surface area (Å²) >= 11 is 0. The summed E-state index contributed by atoms with van der Waals surface area (Å²) in [6.07, 6.45) is 1.49. The summed E-state index contributed by atoms with van der Waals surface area (Å²) in [6, 6.07) is 5.63. The van der Waals surface area contributed by atoms with Crippen molar-refractivity contribution in [1.82, 2.24) is 0 Å². The summed E-state index contributed by atoms with van der Waals surface area (Å²) in [7, 11) is 2.01. The zero-order valence-corrected chi connectivity index (χ0v) is 10.9. The largest absolute Gasteiger partial charge is 0.378 e. The van der Waals surface area contributed by atoms with Crippen molar-refractivity contribution >= 4 is 17.3 Å². The van der Waals surface area contributed by atoms with Gasteiger partial charge >= 0.3 is 0 Å². The van der Waals surface area contributed by atoms with Crippen LogP contribution in [0.4, 0.5) is 11.4 Å². The minimum absolute atomic E-state index is 0.290. The molecule has 0 saturated carbocycles. The van der Waals surface area contributed by atoms with Crippen LogP contribution < -0.4 is 10.2 Å². The van der Waals surface area contributed by atoms with Crippen LogP contribution >= 0.6 is 0 Å². The van der Waals surface area contributed by atoms with E-state index in [1.54, 1.807) is 6.07 Å². The Morgan fingerprint density at radius 3 is 3.11 bits per heavy atom. The molecule has 1 saturated heterocycles. The highest BCUT2D eigenvalue weighted by molar-refractivity contribution is 6.02. The molecule has 0 bridgehead atoms. The Kier molecular flexibility index (Phi) is 3.16. The second-order valence-electron chi connectivity index (χ2n) is 5.18. The Bertz CT molecular complexity index is 497. The van der Waals surface area contributed by atoms with Crippen LogP contribution in [-0.2, 0) is 9.53 Å². The molecule has 0 aromatic heterocycles. The zero-order chi connectivity index (χ0) is 13.4. The minimum Gasteiger partial charge on any atom is -0.378 e. The van der Waals surface area contributed by atoms with Crippen LogP contribution in [0.2, 0.25) is 0 Å². The molecule has 3 rings (SSSR count). The van der Waals surface area contributed by atoms with Gasteiger partial charge in [-0.05, 0) is 25.0 Å². The van der Waals surface area contributed by atoms with Gasteiger partial charge in [-0.1, -0.05) is 6.07 Å². The predicted octanol–water partition coefficient (Wildman–Crippen LogP) is 1.29. The molecule has 2 heterocycles. The number of nitrogens with one attached hydrogen (secondary N) is 1. The highest BCUT2D eigenvalue weighted by Crippen LogP contribution is 2.33. The average molecular weight is 262 g/mol. The van der Waals surface area contributed by atoms with Gasteiger partial charge in [0.2, 0.25) is 0 Å². The zero-order valence-electron chi connectivity index (χ0n) is 10.9. The van der Waals surface area contributed by atoms with Gasteiger partial charge in [-0.15, -0.1) is 0 Å². The Labute approximate surface area is 112 Å². The number of carbonyl (C=O) groups is 1. The van der Waals surface area contributed by atoms with Crippen molar-refractivity contribution in [3.63, 3.8) is 0 Å². The number of benzene rings is 1. The number of anilines is 2. The van der Waals surface area contributed by atoms with Crippen molar-refractivity contribution in [2.75, 3.05) is 30.4 Å². The monoisotopic (exact) mass is 262 g/mol. The fourth-order valence-corrected chi connectivity index (χ4v) is 2.67. The van der Waals surface area contributed by atoms with Gasteiger partial charge in [0.15, 0.2) is 6.10 Å². The van der Waals surface area contributed by atoms with Crippen molar-refractivity contribution < 1.29 is 14.6 Å². The number of fused-ring (bicyclic) bond motifs is 1. The smallest absolute Gasteiger partial charge is 0.257 e. The van der Waals surface area contributed by atoms with E-state index in [1.807, 2.05) is 19.2 Å². The van der Waals surface area contributed by atoms with Crippen LogP contribution in [0.15, 0.2) is 18.2 Å². The van der Waals surface area contributed by atoms with Gasteiger partial charge in [0, 0.05) is 37.1 Å². The molecule has 2 N–H and O–H groups in total. The minimum atomic E-state index is -1.03. The summed E-state index contributed by atoms with van der Waals surface area (Å²) in [4.78, 5) is 13.5. The number of hydrogen-bond acceptors (Lipinski definition) is 4. The van der Waals surface area contributed by atoms with E-state index >= 15 is 0 Å². The highest BCUT2D eigenvalue weighted by atomic mass is 16.5. The average Bonchev–Trinajstić information content (AvgIpc) is 2.99. The molecular formula is C14H18N2O3. The Morgan fingerprint density at radius 2 is 2.37 bits per heavy atom. The molecule has 2 aliphatic heterocycles. The molecule has 1 aromatic rings. The van der Waals surface area contributed by atoms with Gasteiger partial charge < -0.3 is 20.1 Å². The maximum absolute atomic E-state index is 11.4. The molecule has 102 valence electrons. The molecule has 1 aromatic carbocycles. The topological polar surface area (TPSA) is 61.8 Å². The van der Waals surface area contributed by atoms with Gasteiger partial charge in [-0.3, -0.25) is 4.79 Å². The lowest BCUT2D eigenvalue weighted by atomic mass is 10.1. The van der Waals surface area contributed by atoms with E-state index in [1.165, 1.54) is 0 Å². The summed E-state index contributed by atoms with van der Waals surface area (Å²) in [5.74, 6) is -0.353. The summed E-state index contributed by atoms with van der Waals surface area (Å²) in [6.45, 7) is 1.69. The van der Waals surface area contributed by atoms with E-state index in [0.29, 0.717) is 17.4 Å². The first-order valence-corrected chi connectivity index (χ1v) is 6.61.